The molecule has 1 unspecified atom stereocenters. The minimum absolute atomic E-state index is 0.0693. The zero-order valence-electron chi connectivity index (χ0n) is 11.2. The summed E-state index contributed by atoms with van der Waals surface area (Å²) in [4.78, 5) is 24.4. The lowest BCUT2D eigenvalue weighted by atomic mass is 10.2. The summed E-state index contributed by atoms with van der Waals surface area (Å²) in [7, 11) is 5.10. The minimum Gasteiger partial charge on any atom is -0.479 e. The Kier molecular flexibility index (Phi) is 5.32. The van der Waals surface area contributed by atoms with E-state index in [1.54, 1.807) is 12.1 Å². The van der Waals surface area contributed by atoms with E-state index in [1.165, 1.54) is 7.11 Å². The largest absolute Gasteiger partial charge is 0.479 e. The second-order valence-corrected chi connectivity index (χ2v) is 4.21. The van der Waals surface area contributed by atoms with Crippen molar-refractivity contribution in [3.63, 3.8) is 0 Å². The molecule has 2 N–H and O–H groups in total. The van der Waals surface area contributed by atoms with E-state index in [9.17, 15) is 9.59 Å². The summed E-state index contributed by atoms with van der Waals surface area (Å²) in [5, 5.41) is 11.3. The van der Waals surface area contributed by atoms with Gasteiger partial charge in [-0.1, -0.05) is 0 Å². The van der Waals surface area contributed by atoms with Crippen molar-refractivity contribution in [1.82, 2.24) is 5.32 Å². The van der Waals surface area contributed by atoms with E-state index in [-0.39, 0.29) is 12.5 Å². The van der Waals surface area contributed by atoms with Crippen LogP contribution in [0.15, 0.2) is 24.3 Å². The number of carbonyl (C=O) groups is 2. The number of benzene rings is 1. The van der Waals surface area contributed by atoms with Gasteiger partial charge in [0.1, 0.15) is 0 Å². The number of hydrogen-bond donors (Lipinski definition) is 2. The molecule has 0 radical (unpaired) electrons. The number of anilines is 1. The van der Waals surface area contributed by atoms with Gasteiger partial charge >= 0.3 is 5.97 Å². The minimum atomic E-state index is -1.11. The lowest BCUT2D eigenvalue weighted by Gasteiger charge is -2.14. The SMILES string of the molecule is COC(CNC(=O)c1ccc(N(C)C)cc1)C(=O)O. The fourth-order valence-electron chi connectivity index (χ4n) is 1.47. The highest BCUT2D eigenvalue weighted by atomic mass is 16.5. The molecule has 1 rings (SSSR count). The molecule has 0 fully saturated rings. The number of hydrogen-bond acceptors (Lipinski definition) is 4. The van der Waals surface area contributed by atoms with Crippen molar-refractivity contribution in [2.24, 2.45) is 0 Å². The maximum atomic E-state index is 11.8. The molecular weight excluding hydrogens is 248 g/mol. The number of methoxy groups -OCH3 is 1. The van der Waals surface area contributed by atoms with Gasteiger partial charge in [0.25, 0.3) is 5.91 Å². The number of rotatable bonds is 6. The van der Waals surface area contributed by atoms with Gasteiger partial charge in [-0.15, -0.1) is 0 Å². The fourth-order valence-corrected chi connectivity index (χ4v) is 1.47. The van der Waals surface area contributed by atoms with Crippen LogP contribution in [0.5, 0.6) is 0 Å². The van der Waals surface area contributed by atoms with Crippen molar-refractivity contribution >= 4 is 17.6 Å². The molecule has 1 aromatic carbocycles. The Morgan fingerprint density at radius 3 is 2.32 bits per heavy atom. The number of carbonyl (C=O) groups excluding carboxylic acids is 1. The highest BCUT2D eigenvalue weighted by molar-refractivity contribution is 5.94. The van der Waals surface area contributed by atoms with Crippen LogP contribution in [0.25, 0.3) is 0 Å². The maximum Gasteiger partial charge on any atom is 0.334 e. The Morgan fingerprint density at radius 2 is 1.89 bits per heavy atom. The van der Waals surface area contributed by atoms with Gasteiger partial charge in [-0.25, -0.2) is 4.79 Å². The zero-order valence-corrected chi connectivity index (χ0v) is 11.2. The van der Waals surface area contributed by atoms with Crippen LogP contribution in [0.3, 0.4) is 0 Å². The molecule has 0 bridgehead atoms. The molecule has 0 spiro atoms. The maximum absolute atomic E-state index is 11.8. The predicted octanol–water partition coefficient (Wildman–Crippen LogP) is 0.582. The molecule has 1 atom stereocenters. The van der Waals surface area contributed by atoms with E-state index in [0.29, 0.717) is 5.56 Å². The lowest BCUT2D eigenvalue weighted by Crippen LogP contribution is -2.37. The summed E-state index contributed by atoms with van der Waals surface area (Å²) in [6, 6.07) is 7.01. The van der Waals surface area contributed by atoms with Crippen LogP contribution >= 0.6 is 0 Å². The monoisotopic (exact) mass is 266 g/mol. The number of carboxylic acid groups (broad SMARTS) is 1. The van der Waals surface area contributed by atoms with Gasteiger partial charge in [0, 0.05) is 32.5 Å². The van der Waals surface area contributed by atoms with E-state index >= 15 is 0 Å². The third-order valence-electron chi connectivity index (χ3n) is 2.65. The summed E-state index contributed by atoms with van der Waals surface area (Å²) < 4.78 is 4.73. The molecule has 19 heavy (non-hydrogen) atoms. The molecule has 6 nitrogen and oxygen atoms in total. The second-order valence-electron chi connectivity index (χ2n) is 4.21. The van der Waals surface area contributed by atoms with E-state index in [0.717, 1.165) is 5.69 Å². The molecule has 0 aliphatic carbocycles. The first kappa shape index (κ1) is 15.0. The number of aliphatic carboxylic acids is 1. The first-order valence-corrected chi connectivity index (χ1v) is 5.77. The Bertz CT molecular complexity index is 442. The van der Waals surface area contributed by atoms with Crippen LogP contribution < -0.4 is 10.2 Å². The van der Waals surface area contributed by atoms with Crippen LogP contribution in [-0.4, -0.2) is 50.8 Å². The van der Waals surface area contributed by atoms with Crippen LogP contribution in [0, 0.1) is 0 Å². The van der Waals surface area contributed by atoms with Gasteiger partial charge < -0.3 is 20.1 Å². The average molecular weight is 266 g/mol. The molecule has 0 heterocycles. The fraction of sp³-hybridized carbons (Fsp3) is 0.385. The molecule has 104 valence electrons. The first-order chi connectivity index (χ1) is 8.95. The Hall–Kier alpha value is -2.08. The van der Waals surface area contributed by atoms with Crippen LogP contribution in [0.4, 0.5) is 5.69 Å². The van der Waals surface area contributed by atoms with Crippen molar-refractivity contribution in [2.45, 2.75) is 6.10 Å². The van der Waals surface area contributed by atoms with E-state index in [2.05, 4.69) is 5.32 Å². The molecule has 1 amide bonds. The molecule has 0 aliphatic rings. The highest BCUT2D eigenvalue weighted by Gasteiger charge is 2.17. The molecule has 1 aromatic rings. The highest BCUT2D eigenvalue weighted by Crippen LogP contribution is 2.12. The number of carboxylic acids is 1. The normalized spacial score (nSPS) is 11.7. The van der Waals surface area contributed by atoms with Gasteiger partial charge in [-0.05, 0) is 24.3 Å². The van der Waals surface area contributed by atoms with Crippen molar-refractivity contribution < 1.29 is 19.4 Å². The van der Waals surface area contributed by atoms with Crippen LogP contribution in [0.1, 0.15) is 10.4 Å². The van der Waals surface area contributed by atoms with Crippen LogP contribution in [0.2, 0.25) is 0 Å². The van der Waals surface area contributed by atoms with E-state index in [4.69, 9.17) is 9.84 Å². The quantitative estimate of drug-likeness (QED) is 0.787. The Balaban J connectivity index is 2.61. The van der Waals surface area contributed by atoms with Gasteiger partial charge in [0.2, 0.25) is 0 Å². The number of nitrogens with one attached hydrogen (secondary N) is 1. The van der Waals surface area contributed by atoms with Crippen LogP contribution in [-0.2, 0) is 9.53 Å². The smallest absolute Gasteiger partial charge is 0.334 e. The molecule has 0 saturated carbocycles. The molecule has 0 aromatic heterocycles. The summed E-state index contributed by atoms with van der Waals surface area (Å²) in [5.74, 6) is -1.43. The Morgan fingerprint density at radius 1 is 1.32 bits per heavy atom. The number of ether oxygens (including phenoxy) is 1. The second kappa shape index (κ2) is 6.75. The van der Waals surface area contributed by atoms with Gasteiger partial charge in [-0.2, -0.15) is 0 Å². The average Bonchev–Trinajstić information content (AvgIpc) is 2.38. The Labute approximate surface area is 112 Å². The summed E-state index contributed by atoms with van der Waals surface area (Å²) in [6.07, 6.45) is -1.04. The third kappa shape index (κ3) is 4.26. The predicted molar refractivity (Wildman–Crippen MR) is 71.5 cm³/mol. The van der Waals surface area contributed by atoms with Crippen molar-refractivity contribution in [3.8, 4) is 0 Å². The summed E-state index contributed by atoms with van der Waals surface area (Å²) in [5.41, 5.74) is 1.46. The van der Waals surface area contributed by atoms with Gasteiger partial charge in [-0.3, -0.25) is 4.79 Å². The third-order valence-corrected chi connectivity index (χ3v) is 2.65. The molecule has 6 heteroatoms. The standard InChI is InChI=1S/C13H18N2O4/c1-15(2)10-6-4-9(5-7-10)12(16)14-8-11(19-3)13(17)18/h4-7,11H,8H2,1-3H3,(H,14,16)(H,17,18). The topological polar surface area (TPSA) is 78.9 Å². The van der Waals surface area contributed by atoms with Crippen molar-refractivity contribution in [3.05, 3.63) is 29.8 Å². The van der Waals surface area contributed by atoms with Crippen molar-refractivity contribution in [2.75, 3.05) is 32.6 Å². The van der Waals surface area contributed by atoms with Crippen molar-refractivity contribution in [1.29, 1.82) is 0 Å². The molecule has 0 saturated heterocycles. The number of nitrogens with zero attached hydrogens (tertiary/aromatic N) is 1. The van der Waals surface area contributed by atoms with E-state index < -0.39 is 12.1 Å². The molecular formula is C13H18N2O4. The summed E-state index contributed by atoms with van der Waals surface area (Å²) >= 11 is 0. The summed E-state index contributed by atoms with van der Waals surface area (Å²) in [6.45, 7) is -0.0693. The lowest BCUT2D eigenvalue weighted by molar-refractivity contribution is -0.148. The first-order valence-electron chi connectivity index (χ1n) is 5.77. The molecule has 0 aliphatic heterocycles. The van der Waals surface area contributed by atoms with E-state index in [1.807, 2.05) is 31.1 Å². The zero-order chi connectivity index (χ0) is 14.4. The van der Waals surface area contributed by atoms with Gasteiger partial charge in [0.15, 0.2) is 6.10 Å². The number of amides is 1. The van der Waals surface area contributed by atoms with Gasteiger partial charge in [0.05, 0.1) is 6.54 Å².